The van der Waals surface area contributed by atoms with Crippen LogP contribution in [-0.2, 0) is 11.2 Å². The van der Waals surface area contributed by atoms with E-state index in [2.05, 4.69) is 22.4 Å². The van der Waals surface area contributed by atoms with Crippen molar-refractivity contribution >= 4 is 11.7 Å². The van der Waals surface area contributed by atoms with Gasteiger partial charge in [-0.15, -0.1) is 0 Å². The third-order valence-corrected chi connectivity index (χ3v) is 2.79. The predicted molar refractivity (Wildman–Crippen MR) is 73.3 cm³/mol. The number of aromatic nitrogens is 2. The molecule has 2 rings (SSSR count). The molecule has 5 heteroatoms. The standard InChI is InChI=1S/C14H17N3O2/c1-3-11-4-6-12(7-5-11)19-9-13(18)16-14-10(2)8-15-17-14/h4-8H,3,9H2,1-2H3,(H2,15,16,17,18). The van der Waals surface area contributed by atoms with E-state index in [1.54, 1.807) is 6.20 Å². The summed E-state index contributed by atoms with van der Waals surface area (Å²) >= 11 is 0. The molecule has 0 radical (unpaired) electrons. The molecule has 1 amide bonds. The molecule has 100 valence electrons. The molecule has 2 aromatic rings. The van der Waals surface area contributed by atoms with Gasteiger partial charge in [0, 0.05) is 5.56 Å². The number of ether oxygens (including phenoxy) is 1. The molecule has 0 saturated carbocycles. The lowest BCUT2D eigenvalue weighted by atomic mass is 10.2. The van der Waals surface area contributed by atoms with Gasteiger partial charge in [-0.1, -0.05) is 19.1 Å². The number of benzene rings is 1. The van der Waals surface area contributed by atoms with E-state index in [1.165, 1.54) is 5.56 Å². The second kappa shape index (κ2) is 6.04. The molecule has 0 saturated heterocycles. The average molecular weight is 259 g/mol. The monoisotopic (exact) mass is 259 g/mol. The van der Waals surface area contributed by atoms with Gasteiger partial charge in [-0.3, -0.25) is 9.89 Å². The maximum atomic E-state index is 11.7. The summed E-state index contributed by atoms with van der Waals surface area (Å²) in [4.78, 5) is 11.7. The van der Waals surface area contributed by atoms with Crippen molar-refractivity contribution in [1.29, 1.82) is 0 Å². The van der Waals surface area contributed by atoms with E-state index in [9.17, 15) is 4.79 Å². The fourth-order valence-corrected chi connectivity index (χ4v) is 1.62. The van der Waals surface area contributed by atoms with Gasteiger partial charge in [0.1, 0.15) is 11.6 Å². The Morgan fingerprint density at radius 3 is 2.68 bits per heavy atom. The molecular weight excluding hydrogens is 242 g/mol. The van der Waals surface area contributed by atoms with Crippen LogP contribution < -0.4 is 10.1 Å². The van der Waals surface area contributed by atoms with E-state index in [0.29, 0.717) is 11.6 Å². The summed E-state index contributed by atoms with van der Waals surface area (Å²) in [5.74, 6) is 1.08. The number of nitrogens with zero attached hydrogens (tertiary/aromatic N) is 1. The second-order valence-corrected chi connectivity index (χ2v) is 4.26. The van der Waals surface area contributed by atoms with Crippen LogP contribution in [0.1, 0.15) is 18.1 Å². The second-order valence-electron chi connectivity index (χ2n) is 4.26. The molecular formula is C14H17N3O2. The minimum atomic E-state index is -0.216. The summed E-state index contributed by atoms with van der Waals surface area (Å²) < 4.78 is 5.41. The first-order chi connectivity index (χ1) is 9.19. The highest BCUT2D eigenvalue weighted by atomic mass is 16.5. The number of rotatable bonds is 5. The molecule has 19 heavy (non-hydrogen) atoms. The van der Waals surface area contributed by atoms with Crippen molar-refractivity contribution in [3.05, 3.63) is 41.6 Å². The zero-order chi connectivity index (χ0) is 13.7. The van der Waals surface area contributed by atoms with Crippen LogP contribution in [0.25, 0.3) is 0 Å². The quantitative estimate of drug-likeness (QED) is 0.865. The van der Waals surface area contributed by atoms with E-state index in [4.69, 9.17) is 4.74 Å². The zero-order valence-electron chi connectivity index (χ0n) is 11.1. The number of aryl methyl sites for hydroxylation is 2. The van der Waals surface area contributed by atoms with Gasteiger partial charge in [-0.2, -0.15) is 5.10 Å². The summed E-state index contributed by atoms with van der Waals surface area (Å²) in [6.45, 7) is 3.93. The zero-order valence-corrected chi connectivity index (χ0v) is 11.1. The molecule has 0 fully saturated rings. The summed E-state index contributed by atoms with van der Waals surface area (Å²) in [5.41, 5.74) is 2.13. The van der Waals surface area contributed by atoms with Crippen molar-refractivity contribution in [1.82, 2.24) is 10.2 Å². The van der Waals surface area contributed by atoms with Crippen LogP contribution in [0.5, 0.6) is 5.75 Å². The lowest BCUT2D eigenvalue weighted by Gasteiger charge is -2.07. The molecule has 0 aliphatic heterocycles. The molecule has 0 atom stereocenters. The number of hydrogen-bond acceptors (Lipinski definition) is 3. The van der Waals surface area contributed by atoms with E-state index < -0.39 is 0 Å². The summed E-state index contributed by atoms with van der Waals surface area (Å²) in [5, 5.41) is 9.24. The van der Waals surface area contributed by atoms with Crippen LogP contribution in [0.3, 0.4) is 0 Å². The summed E-state index contributed by atoms with van der Waals surface area (Å²) in [6, 6.07) is 7.72. The van der Waals surface area contributed by atoms with Crippen LogP contribution in [-0.4, -0.2) is 22.7 Å². The Labute approximate surface area is 112 Å². The number of hydrogen-bond donors (Lipinski definition) is 2. The highest BCUT2D eigenvalue weighted by molar-refractivity contribution is 5.91. The molecule has 5 nitrogen and oxygen atoms in total. The molecule has 1 heterocycles. The van der Waals surface area contributed by atoms with Crippen LogP contribution in [0.4, 0.5) is 5.82 Å². The maximum absolute atomic E-state index is 11.7. The molecule has 2 N–H and O–H groups in total. The average Bonchev–Trinajstić information content (AvgIpc) is 2.82. The van der Waals surface area contributed by atoms with Gasteiger partial charge in [0.2, 0.25) is 0 Å². The van der Waals surface area contributed by atoms with Gasteiger partial charge >= 0.3 is 0 Å². The van der Waals surface area contributed by atoms with Gasteiger partial charge in [0.15, 0.2) is 6.61 Å². The minimum absolute atomic E-state index is 0.0239. The number of amides is 1. The van der Waals surface area contributed by atoms with Crippen LogP contribution in [0.2, 0.25) is 0 Å². The number of carbonyl (C=O) groups is 1. The predicted octanol–water partition coefficient (Wildman–Crippen LogP) is 2.30. The highest BCUT2D eigenvalue weighted by Crippen LogP contribution is 2.13. The highest BCUT2D eigenvalue weighted by Gasteiger charge is 2.06. The molecule has 1 aromatic heterocycles. The Kier molecular flexibility index (Phi) is 4.18. The molecule has 0 spiro atoms. The Balaban J connectivity index is 1.84. The Bertz CT molecular complexity index is 546. The topological polar surface area (TPSA) is 67.0 Å². The van der Waals surface area contributed by atoms with Gasteiger partial charge < -0.3 is 10.1 Å². The third kappa shape index (κ3) is 3.58. The SMILES string of the molecule is CCc1ccc(OCC(=O)Nc2[nH]ncc2C)cc1. The lowest BCUT2D eigenvalue weighted by molar-refractivity contribution is -0.118. The fourth-order valence-electron chi connectivity index (χ4n) is 1.62. The maximum Gasteiger partial charge on any atom is 0.263 e. The van der Waals surface area contributed by atoms with Crippen molar-refractivity contribution in [3.63, 3.8) is 0 Å². The largest absolute Gasteiger partial charge is 0.484 e. The lowest BCUT2D eigenvalue weighted by Crippen LogP contribution is -2.20. The summed E-state index contributed by atoms with van der Waals surface area (Å²) in [7, 11) is 0. The Morgan fingerprint density at radius 2 is 2.11 bits per heavy atom. The Morgan fingerprint density at radius 1 is 1.37 bits per heavy atom. The normalized spacial score (nSPS) is 10.2. The van der Waals surface area contributed by atoms with E-state index in [0.717, 1.165) is 12.0 Å². The number of aromatic amines is 1. The number of nitrogens with one attached hydrogen (secondary N) is 2. The first kappa shape index (κ1) is 13.1. The van der Waals surface area contributed by atoms with Crippen molar-refractivity contribution < 1.29 is 9.53 Å². The third-order valence-electron chi connectivity index (χ3n) is 2.79. The first-order valence-electron chi connectivity index (χ1n) is 6.20. The molecule has 0 bridgehead atoms. The smallest absolute Gasteiger partial charge is 0.263 e. The van der Waals surface area contributed by atoms with E-state index >= 15 is 0 Å². The van der Waals surface area contributed by atoms with Crippen LogP contribution >= 0.6 is 0 Å². The Hall–Kier alpha value is -2.30. The molecule has 0 aliphatic carbocycles. The van der Waals surface area contributed by atoms with E-state index in [1.807, 2.05) is 31.2 Å². The van der Waals surface area contributed by atoms with Gasteiger partial charge in [-0.25, -0.2) is 0 Å². The van der Waals surface area contributed by atoms with Gasteiger partial charge in [-0.05, 0) is 31.0 Å². The first-order valence-corrected chi connectivity index (χ1v) is 6.20. The molecule has 0 unspecified atom stereocenters. The van der Waals surface area contributed by atoms with Crippen molar-refractivity contribution in [2.45, 2.75) is 20.3 Å². The van der Waals surface area contributed by atoms with Gasteiger partial charge in [0.25, 0.3) is 5.91 Å². The number of anilines is 1. The van der Waals surface area contributed by atoms with Crippen LogP contribution in [0.15, 0.2) is 30.5 Å². The summed E-state index contributed by atoms with van der Waals surface area (Å²) in [6.07, 6.45) is 2.64. The minimum Gasteiger partial charge on any atom is -0.484 e. The van der Waals surface area contributed by atoms with Crippen molar-refractivity contribution in [2.24, 2.45) is 0 Å². The van der Waals surface area contributed by atoms with E-state index in [-0.39, 0.29) is 12.5 Å². The van der Waals surface area contributed by atoms with Crippen LogP contribution in [0, 0.1) is 6.92 Å². The van der Waals surface area contributed by atoms with Crippen molar-refractivity contribution in [3.8, 4) is 5.75 Å². The molecule has 1 aromatic carbocycles. The fraction of sp³-hybridized carbons (Fsp3) is 0.286. The van der Waals surface area contributed by atoms with Crippen molar-refractivity contribution in [2.75, 3.05) is 11.9 Å². The molecule has 0 aliphatic rings. The number of carbonyl (C=O) groups excluding carboxylic acids is 1. The number of H-pyrrole nitrogens is 1. The van der Waals surface area contributed by atoms with Gasteiger partial charge in [0.05, 0.1) is 6.20 Å².